The highest BCUT2D eigenvalue weighted by molar-refractivity contribution is 5.92. The van der Waals surface area contributed by atoms with E-state index in [2.05, 4.69) is 16.4 Å². The summed E-state index contributed by atoms with van der Waals surface area (Å²) in [7, 11) is 0. The monoisotopic (exact) mass is 267 g/mol. The van der Waals surface area contributed by atoms with Crippen molar-refractivity contribution in [3.63, 3.8) is 0 Å². The predicted octanol–water partition coefficient (Wildman–Crippen LogP) is 2.74. The van der Waals surface area contributed by atoms with E-state index < -0.39 is 5.97 Å². The molecule has 3 rings (SSSR count). The molecule has 0 bridgehead atoms. The van der Waals surface area contributed by atoms with Crippen LogP contribution < -0.4 is 0 Å². The highest BCUT2D eigenvalue weighted by Gasteiger charge is 2.11. The number of carboxylic acids is 1. The number of aryl methyl sites for hydroxylation is 2. The van der Waals surface area contributed by atoms with Gasteiger partial charge in [0.25, 0.3) is 0 Å². The average molecular weight is 267 g/mol. The minimum Gasteiger partial charge on any atom is -0.478 e. The zero-order valence-electron chi connectivity index (χ0n) is 11.2. The molecule has 0 spiro atoms. The van der Waals surface area contributed by atoms with Gasteiger partial charge in [-0.25, -0.2) is 9.48 Å². The summed E-state index contributed by atoms with van der Waals surface area (Å²) in [6.45, 7) is 4.02. The fourth-order valence-corrected chi connectivity index (χ4v) is 2.32. The number of fused-ring (bicyclic) bond motifs is 1. The molecule has 0 fully saturated rings. The van der Waals surface area contributed by atoms with Crippen molar-refractivity contribution in [2.45, 2.75) is 13.8 Å². The van der Waals surface area contributed by atoms with Gasteiger partial charge in [-0.1, -0.05) is 11.3 Å². The summed E-state index contributed by atoms with van der Waals surface area (Å²) in [6, 6.07) is 10.9. The lowest BCUT2D eigenvalue weighted by atomic mass is 10.1. The second-order valence-corrected chi connectivity index (χ2v) is 4.86. The molecule has 0 atom stereocenters. The molecule has 2 aromatic carbocycles. The van der Waals surface area contributed by atoms with Crippen LogP contribution in [0.2, 0.25) is 0 Å². The SMILES string of the molecule is Cc1cc(C)cc(-n2nnc3ccc(C(=O)O)cc32)c1. The number of rotatable bonds is 2. The van der Waals surface area contributed by atoms with Crippen molar-refractivity contribution in [3.8, 4) is 5.69 Å². The van der Waals surface area contributed by atoms with Gasteiger partial charge in [-0.05, 0) is 55.3 Å². The van der Waals surface area contributed by atoms with Gasteiger partial charge in [0.2, 0.25) is 0 Å². The van der Waals surface area contributed by atoms with E-state index in [1.54, 1.807) is 16.8 Å². The molecule has 100 valence electrons. The van der Waals surface area contributed by atoms with E-state index in [0.29, 0.717) is 11.0 Å². The molecule has 0 radical (unpaired) electrons. The van der Waals surface area contributed by atoms with E-state index in [0.717, 1.165) is 16.8 Å². The van der Waals surface area contributed by atoms with Crippen LogP contribution in [0.3, 0.4) is 0 Å². The Kier molecular flexibility index (Phi) is 2.75. The van der Waals surface area contributed by atoms with Crippen LogP contribution in [0, 0.1) is 13.8 Å². The number of aromatic nitrogens is 3. The van der Waals surface area contributed by atoms with Gasteiger partial charge in [0, 0.05) is 0 Å². The summed E-state index contributed by atoms with van der Waals surface area (Å²) in [4.78, 5) is 11.1. The largest absolute Gasteiger partial charge is 0.478 e. The van der Waals surface area contributed by atoms with Crippen molar-refractivity contribution in [2.75, 3.05) is 0 Å². The van der Waals surface area contributed by atoms with Gasteiger partial charge in [0.15, 0.2) is 0 Å². The minimum atomic E-state index is -0.958. The van der Waals surface area contributed by atoms with Crippen molar-refractivity contribution in [2.24, 2.45) is 0 Å². The smallest absolute Gasteiger partial charge is 0.335 e. The average Bonchev–Trinajstić information content (AvgIpc) is 2.80. The van der Waals surface area contributed by atoms with Crippen molar-refractivity contribution in [1.29, 1.82) is 0 Å². The number of benzene rings is 2. The fraction of sp³-hybridized carbons (Fsp3) is 0.133. The maximum atomic E-state index is 11.1. The first-order valence-electron chi connectivity index (χ1n) is 6.22. The summed E-state index contributed by atoms with van der Waals surface area (Å²) in [6.07, 6.45) is 0. The lowest BCUT2D eigenvalue weighted by molar-refractivity contribution is 0.0697. The first kappa shape index (κ1) is 12.3. The Balaban J connectivity index is 2.25. The van der Waals surface area contributed by atoms with Crippen LogP contribution in [0.1, 0.15) is 21.5 Å². The molecule has 0 unspecified atom stereocenters. The van der Waals surface area contributed by atoms with E-state index in [-0.39, 0.29) is 5.56 Å². The van der Waals surface area contributed by atoms with Crippen LogP contribution in [0.4, 0.5) is 0 Å². The minimum absolute atomic E-state index is 0.227. The van der Waals surface area contributed by atoms with Crippen molar-refractivity contribution in [1.82, 2.24) is 15.0 Å². The lowest BCUT2D eigenvalue weighted by Gasteiger charge is -2.05. The second kappa shape index (κ2) is 4.45. The number of hydrogen-bond donors (Lipinski definition) is 1. The number of aromatic carboxylic acids is 1. The maximum Gasteiger partial charge on any atom is 0.335 e. The third kappa shape index (κ3) is 2.03. The third-order valence-corrected chi connectivity index (χ3v) is 3.14. The van der Waals surface area contributed by atoms with E-state index in [1.807, 2.05) is 26.0 Å². The Morgan fingerprint density at radius 1 is 1.10 bits per heavy atom. The van der Waals surface area contributed by atoms with Gasteiger partial charge in [0.05, 0.1) is 16.8 Å². The summed E-state index contributed by atoms with van der Waals surface area (Å²) >= 11 is 0. The molecule has 5 nitrogen and oxygen atoms in total. The van der Waals surface area contributed by atoms with Gasteiger partial charge >= 0.3 is 5.97 Å². The number of carbonyl (C=O) groups is 1. The first-order valence-corrected chi connectivity index (χ1v) is 6.22. The van der Waals surface area contributed by atoms with E-state index in [4.69, 9.17) is 5.11 Å². The Labute approximate surface area is 115 Å². The van der Waals surface area contributed by atoms with Gasteiger partial charge < -0.3 is 5.11 Å². The predicted molar refractivity (Wildman–Crippen MR) is 75.3 cm³/mol. The van der Waals surface area contributed by atoms with Gasteiger partial charge in [-0.15, -0.1) is 5.10 Å². The summed E-state index contributed by atoms with van der Waals surface area (Å²) in [5.41, 5.74) is 4.72. The molecule has 0 aliphatic carbocycles. The standard InChI is InChI=1S/C15H13N3O2/c1-9-5-10(2)7-12(6-9)18-14-8-11(15(19)20)3-4-13(14)16-17-18/h3-8H,1-2H3,(H,19,20). The van der Waals surface area contributed by atoms with Crippen molar-refractivity contribution >= 4 is 17.0 Å². The summed E-state index contributed by atoms with van der Waals surface area (Å²) in [5, 5.41) is 17.3. The van der Waals surface area contributed by atoms with E-state index >= 15 is 0 Å². The van der Waals surface area contributed by atoms with Gasteiger partial charge in [-0.2, -0.15) is 0 Å². The van der Waals surface area contributed by atoms with Crippen LogP contribution in [0.5, 0.6) is 0 Å². The molecule has 0 aliphatic heterocycles. The Hall–Kier alpha value is -2.69. The summed E-state index contributed by atoms with van der Waals surface area (Å²) < 4.78 is 1.67. The molecule has 0 amide bonds. The molecular formula is C15H13N3O2. The molecule has 0 saturated carbocycles. The van der Waals surface area contributed by atoms with Crippen molar-refractivity contribution in [3.05, 3.63) is 53.1 Å². The molecule has 5 heteroatoms. The Bertz CT molecular complexity index is 801. The molecule has 1 aromatic heterocycles. The molecule has 20 heavy (non-hydrogen) atoms. The fourth-order valence-electron chi connectivity index (χ4n) is 2.32. The molecule has 0 saturated heterocycles. The van der Waals surface area contributed by atoms with Crippen LogP contribution in [-0.4, -0.2) is 26.1 Å². The molecule has 1 N–H and O–H groups in total. The van der Waals surface area contributed by atoms with Crippen LogP contribution in [-0.2, 0) is 0 Å². The van der Waals surface area contributed by atoms with Crippen LogP contribution in [0.15, 0.2) is 36.4 Å². The topological polar surface area (TPSA) is 68.0 Å². The highest BCUT2D eigenvalue weighted by Crippen LogP contribution is 2.20. The van der Waals surface area contributed by atoms with Gasteiger partial charge in [0.1, 0.15) is 5.52 Å². The van der Waals surface area contributed by atoms with E-state index in [1.165, 1.54) is 6.07 Å². The number of carboxylic acid groups (broad SMARTS) is 1. The Morgan fingerprint density at radius 2 is 1.80 bits per heavy atom. The lowest BCUT2D eigenvalue weighted by Crippen LogP contribution is -2.00. The normalized spacial score (nSPS) is 10.9. The zero-order valence-corrected chi connectivity index (χ0v) is 11.2. The second-order valence-electron chi connectivity index (χ2n) is 4.86. The van der Waals surface area contributed by atoms with E-state index in [9.17, 15) is 4.79 Å². The molecular weight excluding hydrogens is 254 g/mol. The van der Waals surface area contributed by atoms with Crippen LogP contribution in [0.25, 0.3) is 16.7 Å². The third-order valence-electron chi connectivity index (χ3n) is 3.14. The zero-order chi connectivity index (χ0) is 14.3. The van der Waals surface area contributed by atoms with Crippen molar-refractivity contribution < 1.29 is 9.90 Å². The number of hydrogen-bond acceptors (Lipinski definition) is 3. The molecule has 0 aliphatic rings. The number of nitrogens with zero attached hydrogens (tertiary/aromatic N) is 3. The quantitative estimate of drug-likeness (QED) is 0.775. The Morgan fingerprint density at radius 3 is 2.45 bits per heavy atom. The first-order chi connectivity index (χ1) is 9.54. The highest BCUT2D eigenvalue weighted by atomic mass is 16.4. The van der Waals surface area contributed by atoms with Crippen LogP contribution >= 0.6 is 0 Å². The summed E-state index contributed by atoms with van der Waals surface area (Å²) in [5.74, 6) is -0.958. The molecule has 1 heterocycles. The maximum absolute atomic E-state index is 11.1. The molecule has 3 aromatic rings. The van der Waals surface area contributed by atoms with Gasteiger partial charge in [-0.3, -0.25) is 0 Å².